The fraction of sp³-hybridized carbons (Fsp3) is 0.154. The summed E-state index contributed by atoms with van der Waals surface area (Å²) in [5.41, 5.74) is 0.980. The Labute approximate surface area is 123 Å². The summed E-state index contributed by atoms with van der Waals surface area (Å²) in [4.78, 5) is 4.11. The van der Waals surface area contributed by atoms with Crippen LogP contribution in [0.5, 0.6) is 17.4 Å². The van der Waals surface area contributed by atoms with Crippen molar-refractivity contribution in [1.82, 2.24) is 4.98 Å². The third-order valence-electron chi connectivity index (χ3n) is 2.59. The van der Waals surface area contributed by atoms with E-state index in [4.69, 9.17) is 25.8 Å². The van der Waals surface area contributed by atoms with Gasteiger partial charge < -0.3 is 14.2 Å². The number of fused-ring (bicyclic) bond motifs is 1. The first-order chi connectivity index (χ1) is 9.22. The first kappa shape index (κ1) is 12.6. The van der Waals surface area contributed by atoms with Crippen molar-refractivity contribution in [3.8, 4) is 17.4 Å². The normalized spacial score (nSPS) is 12.5. The van der Waals surface area contributed by atoms with Crippen molar-refractivity contribution in [2.75, 3.05) is 6.79 Å². The molecule has 0 unspecified atom stereocenters. The summed E-state index contributed by atoms with van der Waals surface area (Å²) >= 11 is 9.17. The Morgan fingerprint density at radius 2 is 2.11 bits per heavy atom. The Morgan fingerprint density at radius 3 is 2.95 bits per heavy atom. The largest absolute Gasteiger partial charge is 0.472 e. The Hall–Kier alpha value is -1.46. The number of aromatic nitrogens is 1. The first-order valence-corrected chi connectivity index (χ1v) is 6.72. The molecule has 0 amide bonds. The molecule has 19 heavy (non-hydrogen) atoms. The van der Waals surface area contributed by atoms with Crippen molar-refractivity contribution in [2.24, 2.45) is 0 Å². The van der Waals surface area contributed by atoms with Crippen molar-refractivity contribution >= 4 is 27.5 Å². The number of pyridine rings is 1. The van der Waals surface area contributed by atoms with Crippen LogP contribution in [0, 0.1) is 0 Å². The molecule has 3 rings (SSSR count). The zero-order chi connectivity index (χ0) is 13.2. The molecule has 0 bridgehead atoms. The van der Waals surface area contributed by atoms with Gasteiger partial charge >= 0.3 is 0 Å². The van der Waals surface area contributed by atoms with Crippen molar-refractivity contribution < 1.29 is 14.2 Å². The molecule has 0 fully saturated rings. The van der Waals surface area contributed by atoms with E-state index in [2.05, 4.69) is 20.9 Å². The molecule has 6 heteroatoms. The Bertz CT molecular complexity index is 621. The molecule has 0 spiro atoms. The van der Waals surface area contributed by atoms with Gasteiger partial charge in [0.15, 0.2) is 11.5 Å². The van der Waals surface area contributed by atoms with E-state index >= 15 is 0 Å². The molecule has 1 aromatic carbocycles. The van der Waals surface area contributed by atoms with E-state index in [0.717, 1.165) is 21.5 Å². The van der Waals surface area contributed by atoms with E-state index < -0.39 is 0 Å². The molecule has 1 aromatic heterocycles. The molecular weight excluding hydrogens is 334 g/mol. The van der Waals surface area contributed by atoms with Crippen LogP contribution in [0.2, 0.25) is 5.02 Å². The maximum atomic E-state index is 5.82. The van der Waals surface area contributed by atoms with Crippen LogP contribution in [-0.4, -0.2) is 11.8 Å². The standard InChI is InChI=1S/C13H9BrClNO3/c14-10-4-9(15)5-16-13(10)17-6-8-1-2-11-12(3-8)19-7-18-11/h1-5H,6-7H2. The van der Waals surface area contributed by atoms with Gasteiger partial charge in [-0.3, -0.25) is 0 Å². The number of hydrogen-bond donors (Lipinski definition) is 0. The summed E-state index contributed by atoms with van der Waals surface area (Å²) in [6, 6.07) is 7.43. The van der Waals surface area contributed by atoms with E-state index in [1.54, 1.807) is 12.3 Å². The van der Waals surface area contributed by atoms with Gasteiger partial charge in [0.25, 0.3) is 0 Å². The molecule has 0 saturated heterocycles. The highest BCUT2D eigenvalue weighted by atomic mass is 79.9. The summed E-state index contributed by atoms with van der Waals surface area (Å²) in [6.07, 6.45) is 1.54. The quantitative estimate of drug-likeness (QED) is 0.850. The van der Waals surface area contributed by atoms with E-state index in [1.165, 1.54) is 0 Å². The second-order valence-corrected chi connectivity index (χ2v) is 5.21. The smallest absolute Gasteiger partial charge is 0.231 e. The molecule has 1 aliphatic rings. The van der Waals surface area contributed by atoms with Crippen molar-refractivity contribution in [1.29, 1.82) is 0 Å². The van der Waals surface area contributed by atoms with Crippen molar-refractivity contribution in [3.05, 3.63) is 45.5 Å². The minimum absolute atomic E-state index is 0.268. The maximum Gasteiger partial charge on any atom is 0.231 e. The van der Waals surface area contributed by atoms with Gasteiger partial charge in [-0.1, -0.05) is 17.7 Å². The second-order valence-electron chi connectivity index (χ2n) is 3.92. The van der Waals surface area contributed by atoms with E-state index in [0.29, 0.717) is 17.5 Å². The molecule has 1 aliphatic heterocycles. The van der Waals surface area contributed by atoms with Gasteiger partial charge in [-0.05, 0) is 39.7 Å². The minimum atomic E-state index is 0.268. The summed E-state index contributed by atoms with van der Waals surface area (Å²) in [6.45, 7) is 0.661. The van der Waals surface area contributed by atoms with Gasteiger partial charge in [0.2, 0.25) is 12.7 Å². The summed E-state index contributed by atoms with van der Waals surface area (Å²) in [7, 11) is 0. The lowest BCUT2D eigenvalue weighted by Crippen LogP contribution is -1.98. The van der Waals surface area contributed by atoms with Crippen LogP contribution in [-0.2, 0) is 6.61 Å². The van der Waals surface area contributed by atoms with E-state index in [1.807, 2.05) is 18.2 Å². The van der Waals surface area contributed by atoms with Crippen LogP contribution in [0.4, 0.5) is 0 Å². The van der Waals surface area contributed by atoms with Crippen LogP contribution in [0.15, 0.2) is 34.9 Å². The molecule has 0 atom stereocenters. The Kier molecular flexibility index (Phi) is 3.48. The lowest BCUT2D eigenvalue weighted by molar-refractivity contribution is 0.174. The lowest BCUT2D eigenvalue weighted by Gasteiger charge is -2.07. The molecule has 0 N–H and O–H groups in total. The Balaban J connectivity index is 1.72. The molecule has 98 valence electrons. The molecule has 2 heterocycles. The van der Waals surface area contributed by atoms with Gasteiger partial charge in [-0.25, -0.2) is 4.98 Å². The van der Waals surface area contributed by atoms with Crippen molar-refractivity contribution in [3.63, 3.8) is 0 Å². The number of ether oxygens (including phenoxy) is 3. The summed E-state index contributed by atoms with van der Waals surface area (Å²) in [5.74, 6) is 2.00. The molecular formula is C13H9BrClNO3. The molecule has 0 saturated carbocycles. The fourth-order valence-electron chi connectivity index (χ4n) is 1.69. The van der Waals surface area contributed by atoms with Crippen LogP contribution >= 0.6 is 27.5 Å². The van der Waals surface area contributed by atoms with Crippen molar-refractivity contribution in [2.45, 2.75) is 6.61 Å². The van der Waals surface area contributed by atoms with Gasteiger partial charge in [0.05, 0.1) is 9.50 Å². The number of benzene rings is 1. The molecule has 4 nitrogen and oxygen atoms in total. The molecule has 0 aliphatic carbocycles. The number of nitrogens with zero attached hydrogens (tertiary/aromatic N) is 1. The lowest BCUT2D eigenvalue weighted by atomic mass is 10.2. The van der Waals surface area contributed by atoms with E-state index in [-0.39, 0.29) is 6.79 Å². The third-order valence-corrected chi connectivity index (χ3v) is 3.36. The van der Waals surface area contributed by atoms with Gasteiger partial charge in [0, 0.05) is 6.20 Å². The van der Waals surface area contributed by atoms with Gasteiger partial charge in [0.1, 0.15) is 6.61 Å². The maximum absolute atomic E-state index is 5.82. The number of halogens is 2. The highest BCUT2D eigenvalue weighted by Crippen LogP contribution is 2.33. The highest BCUT2D eigenvalue weighted by Gasteiger charge is 2.13. The fourth-order valence-corrected chi connectivity index (χ4v) is 2.44. The van der Waals surface area contributed by atoms with Crippen LogP contribution < -0.4 is 14.2 Å². The monoisotopic (exact) mass is 341 g/mol. The molecule has 2 aromatic rings. The zero-order valence-electron chi connectivity index (χ0n) is 9.73. The third kappa shape index (κ3) is 2.77. The topological polar surface area (TPSA) is 40.6 Å². The van der Waals surface area contributed by atoms with Crippen LogP contribution in [0.25, 0.3) is 0 Å². The van der Waals surface area contributed by atoms with Crippen LogP contribution in [0.3, 0.4) is 0 Å². The Morgan fingerprint density at radius 1 is 1.26 bits per heavy atom. The average molecular weight is 343 g/mol. The summed E-state index contributed by atoms with van der Waals surface area (Å²) in [5, 5.41) is 0.558. The zero-order valence-corrected chi connectivity index (χ0v) is 12.1. The van der Waals surface area contributed by atoms with Gasteiger partial charge in [-0.15, -0.1) is 0 Å². The second kappa shape index (κ2) is 5.27. The highest BCUT2D eigenvalue weighted by molar-refractivity contribution is 9.10. The SMILES string of the molecule is Clc1cnc(OCc2ccc3c(c2)OCO3)c(Br)c1. The van der Waals surface area contributed by atoms with E-state index in [9.17, 15) is 0 Å². The average Bonchev–Trinajstić information content (AvgIpc) is 2.85. The predicted octanol–water partition coefficient (Wildman–Crippen LogP) is 3.81. The summed E-state index contributed by atoms with van der Waals surface area (Å²) < 4.78 is 16.9. The number of hydrogen-bond acceptors (Lipinski definition) is 4. The first-order valence-electron chi connectivity index (χ1n) is 5.55. The minimum Gasteiger partial charge on any atom is -0.472 e. The predicted molar refractivity (Wildman–Crippen MR) is 73.8 cm³/mol. The van der Waals surface area contributed by atoms with Crippen LogP contribution in [0.1, 0.15) is 5.56 Å². The van der Waals surface area contributed by atoms with Gasteiger partial charge in [-0.2, -0.15) is 0 Å². The number of rotatable bonds is 3. The molecule has 0 radical (unpaired) electrons.